The Morgan fingerprint density at radius 1 is 1.18 bits per heavy atom. The Labute approximate surface area is 128 Å². The Bertz CT molecular complexity index is 788. The van der Waals surface area contributed by atoms with Crippen LogP contribution in [0.5, 0.6) is 0 Å². The lowest BCUT2D eigenvalue weighted by molar-refractivity contribution is 0.857. The van der Waals surface area contributed by atoms with Crippen molar-refractivity contribution in [2.45, 2.75) is 6.54 Å². The lowest BCUT2D eigenvalue weighted by Crippen LogP contribution is -2.34. The van der Waals surface area contributed by atoms with Gasteiger partial charge in [0.15, 0.2) is 5.96 Å². The van der Waals surface area contributed by atoms with E-state index in [1.54, 1.807) is 13.4 Å². The number of benzene rings is 1. The summed E-state index contributed by atoms with van der Waals surface area (Å²) >= 11 is 0. The van der Waals surface area contributed by atoms with Crippen LogP contribution in [0.1, 0.15) is 5.56 Å². The predicted octanol–water partition coefficient (Wildman–Crippen LogP) is 1.72. The standard InChI is InChI=1S/C16H18N6/c1-17-16(18-2)20-10-12-7-8-15(19-9-12)22-11-21-13-5-3-4-6-14(13)22/h3-9,11H,10H2,1-2H3,(H2,17,18,20). The van der Waals surface area contributed by atoms with Crippen LogP contribution in [0.3, 0.4) is 0 Å². The van der Waals surface area contributed by atoms with Gasteiger partial charge in [0.05, 0.1) is 11.0 Å². The Hall–Kier alpha value is -2.89. The maximum Gasteiger partial charge on any atom is 0.190 e. The van der Waals surface area contributed by atoms with Crippen LogP contribution < -0.4 is 10.6 Å². The minimum Gasteiger partial charge on any atom is -0.359 e. The molecule has 3 aromatic rings. The number of fused-ring (bicyclic) bond motifs is 1. The van der Waals surface area contributed by atoms with E-state index in [1.165, 1.54) is 0 Å². The molecule has 2 aromatic heterocycles. The van der Waals surface area contributed by atoms with Crippen molar-refractivity contribution in [1.82, 2.24) is 25.2 Å². The van der Waals surface area contributed by atoms with Crippen molar-refractivity contribution in [3.63, 3.8) is 0 Å². The zero-order valence-corrected chi connectivity index (χ0v) is 12.6. The summed E-state index contributed by atoms with van der Waals surface area (Å²) in [4.78, 5) is 13.0. The molecule has 2 N–H and O–H groups in total. The molecule has 3 rings (SSSR count). The highest BCUT2D eigenvalue weighted by atomic mass is 15.2. The molecule has 2 heterocycles. The molecule has 0 unspecified atom stereocenters. The van der Waals surface area contributed by atoms with Gasteiger partial charge in [0, 0.05) is 26.8 Å². The smallest absolute Gasteiger partial charge is 0.190 e. The molecule has 0 radical (unpaired) electrons. The van der Waals surface area contributed by atoms with Crippen molar-refractivity contribution in [2.24, 2.45) is 4.99 Å². The summed E-state index contributed by atoms with van der Waals surface area (Å²) in [6.45, 7) is 0.672. The molecule has 112 valence electrons. The third-order valence-electron chi connectivity index (χ3n) is 3.43. The molecule has 0 fully saturated rings. The van der Waals surface area contributed by atoms with Crippen molar-refractivity contribution in [3.05, 3.63) is 54.5 Å². The summed E-state index contributed by atoms with van der Waals surface area (Å²) in [5.74, 6) is 1.61. The summed E-state index contributed by atoms with van der Waals surface area (Å²) in [7, 11) is 3.57. The quantitative estimate of drug-likeness (QED) is 0.570. The number of guanidine groups is 1. The Morgan fingerprint density at radius 2 is 2.05 bits per heavy atom. The van der Waals surface area contributed by atoms with Crippen molar-refractivity contribution in [1.29, 1.82) is 0 Å². The number of hydrogen-bond donors (Lipinski definition) is 2. The number of imidazole rings is 1. The van der Waals surface area contributed by atoms with Crippen LogP contribution in [0.2, 0.25) is 0 Å². The second-order valence-corrected chi connectivity index (χ2v) is 4.80. The van der Waals surface area contributed by atoms with Crippen molar-refractivity contribution >= 4 is 17.0 Å². The number of rotatable bonds is 3. The Morgan fingerprint density at radius 3 is 2.77 bits per heavy atom. The van der Waals surface area contributed by atoms with Crippen LogP contribution >= 0.6 is 0 Å². The molecule has 0 saturated heterocycles. The molecule has 0 atom stereocenters. The SMILES string of the molecule is CN=C(NC)NCc1ccc(-n2cnc3ccccc32)nc1. The zero-order chi connectivity index (χ0) is 15.4. The first kappa shape index (κ1) is 14.1. The molecule has 0 aliphatic carbocycles. The van der Waals surface area contributed by atoms with Gasteiger partial charge in [-0.3, -0.25) is 9.56 Å². The summed E-state index contributed by atoms with van der Waals surface area (Å²) in [6.07, 6.45) is 3.66. The molecule has 0 bridgehead atoms. The first-order chi connectivity index (χ1) is 10.8. The fraction of sp³-hybridized carbons (Fsp3) is 0.188. The minimum atomic E-state index is 0.672. The topological polar surface area (TPSA) is 67.1 Å². The molecule has 1 aromatic carbocycles. The summed E-state index contributed by atoms with van der Waals surface area (Å²) in [5, 5.41) is 6.18. The maximum absolute atomic E-state index is 4.52. The van der Waals surface area contributed by atoms with Crippen molar-refractivity contribution in [3.8, 4) is 5.82 Å². The highest BCUT2D eigenvalue weighted by Gasteiger charge is 2.05. The highest BCUT2D eigenvalue weighted by Crippen LogP contribution is 2.16. The van der Waals surface area contributed by atoms with Crippen LogP contribution in [0.25, 0.3) is 16.9 Å². The fourth-order valence-corrected chi connectivity index (χ4v) is 2.27. The monoisotopic (exact) mass is 294 g/mol. The third-order valence-corrected chi connectivity index (χ3v) is 3.43. The van der Waals surface area contributed by atoms with E-state index in [0.717, 1.165) is 28.4 Å². The van der Waals surface area contributed by atoms with Gasteiger partial charge >= 0.3 is 0 Å². The van der Waals surface area contributed by atoms with Crippen LogP contribution in [0, 0.1) is 0 Å². The lowest BCUT2D eigenvalue weighted by atomic mass is 10.2. The summed E-state index contributed by atoms with van der Waals surface area (Å²) in [5.41, 5.74) is 3.11. The summed E-state index contributed by atoms with van der Waals surface area (Å²) < 4.78 is 1.99. The van der Waals surface area contributed by atoms with Crippen molar-refractivity contribution in [2.75, 3.05) is 14.1 Å². The minimum absolute atomic E-state index is 0.672. The van der Waals surface area contributed by atoms with Gasteiger partial charge < -0.3 is 10.6 Å². The number of para-hydroxylation sites is 2. The van der Waals surface area contributed by atoms with E-state index in [4.69, 9.17) is 0 Å². The number of nitrogens with one attached hydrogen (secondary N) is 2. The number of aromatic nitrogens is 3. The average Bonchev–Trinajstić information content (AvgIpc) is 3.00. The molecule has 0 aliphatic rings. The van der Waals surface area contributed by atoms with E-state index >= 15 is 0 Å². The van der Waals surface area contributed by atoms with Crippen LogP contribution in [0.15, 0.2) is 53.9 Å². The average molecular weight is 294 g/mol. The van der Waals surface area contributed by atoms with E-state index < -0.39 is 0 Å². The molecule has 22 heavy (non-hydrogen) atoms. The second kappa shape index (κ2) is 6.26. The van der Waals surface area contributed by atoms with Crippen molar-refractivity contribution < 1.29 is 0 Å². The molecule has 0 aliphatic heterocycles. The van der Waals surface area contributed by atoms with Gasteiger partial charge in [-0.2, -0.15) is 0 Å². The normalized spacial score (nSPS) is 11.6. The second-order valence-electron chi connectivity index (χ2n) is 4.80. The van der Waals surface area contributed by atoms with Gasteiger partial charge in [-0.25, -0.2) is 9.97 Å². The van der Waals surface area contributed by atoms with Gasteiger partial charge in [-0.15, -0.1) is 0 Å². The van der Waals surface area contributed by atoms with Gasteiger partial charge in [-0.05, 0) is 23.8 Å². The van der Waals surface area contributed by atoms with E-state index in [-0.39, 0.29) is 0 Å². The van der Waals surface area contributed by atoms with E-state index in [1.807, 2.05) is 54.2 Å². The number of aliphatic imine (C=N–C) groups is 1. The van der Waals surface area contributed by atoms with Crippen LogP contribution in [-0.4, -0.2) is 34.6 Å². The number of nitrogens with zero attached hydrogens (tertiary/aromatic N) is 4. The first-order valence-corrected chi connectivity index (χ1v) is 7.07. The van der Waals surface area contributed by atoms with Gasteiger partial charge in [-0.1, -0.05) is 18.2 Å². The molecular formula is C16H18N6. The largest absolute Gasteiger partial charge is 0.359 e. The molecule has 0 spiro atoms. The Balaban J connectivity index is 1.79. The van der Waals surface area contributed by atoms with Crippen LogP contribution in [-0.2, 0) is 6.54 Å². The number of pyridine rings is 1. The highest BCUT2D eigenvalue weighted by molar-refractivity contribution is 5.79. The molecule has 0 amide bonds. The van der Waals surface area contributed by atoms with Gasteiger partial charge in [0.2, 0.25) is 0 Å². The maximum atomic E-state index is 4.52. The Kier molecular flexibility index (Phi) is 4.00. The lowest BCUT2D eigenvalue weighted by Gasteiger charge is -2.09. The number of hydrogen-bond acceptors (Lipinski definition) is 3. The molecule has 6 nitrogen and oxygen atoms in total. The predicted molar refractivity (Wildman–Crippen MR) is 88.1 cm³/mol. The van der Waals surface area contributed by atoms with E-state index in [0.29, 0.717) is 6.54 Å². The molecular weight excluding hydrogens is 276 g/mol. The summed E-state index contributed by atoms with van der Waals surface area (Å²) in [6, 6.07) is 12.1. The zero-order valence-electron chi connectivity index (χ0n) is 12.6. The van der Waals surface area contributed by atoms with Gasteiger partial charge in [0.1, 0.15) is 12.1 Å². The molecule has 0 saturated carbocycles. The van der Waals surface area contributed by atoms with E-state index in [9.17, 15) is 0 Å². The van der Waals surface area contributed by atoms with E-state index in [2.05, 4.69) is 25.6 Å². The molecule has 6 heteroatoms. The fourth-order valence-electron chi connectivity index (χ4n) is 2.27. The third kappa shape index (κ3) is 2.76. The van der Waals surface area contributed by atoms with Gasteiger partial charge in [0.25, 0.3) is 0 Å². The first-order valence-electron chi connectivity index (χ1n) is 7.07. The van der Waals surface area contributed by atoms with Crippen LogP contribution in [0.4, 0.5) is 0 Å².